The second-order valence-electron chi connectivity index (χ2n) is 5.78. The van der Waals surface area contributed by atoms with Crippen LogP contribution in [0.1, 0.15) is 15.9 Å². The number of ether oxygens (including phenoxy) is 4. The van der Waals surface area contributed by atoms with E-state index >= 15 is 0 Å². The van der Waals surface area contributed by atoms with Crippen LogP contribution in [0.15, 0.2) is 35.4 Å². The Labute approximate surface area is 187 Å². The summed E-state index contributed by atoms with van der Waals surface area (Å²) in [6, 6.07) is 8.28. The molecule has 0 atom stereocenters. The van der Waals surface area contributed by atoms with E-state index in [-0.39, 0.29) is 6.54 Å². The molecular formula is C20H22IN3O6. The molecule has 0 unspecified atom stereocenters. The summed E-state index contributed by atoms with van der Waals surface area (Å²) in [6.45, 7) is -0.242. The molecule has 2 amide bonds. The summed E-state index contributed by atoms with van der Waals surface area (Å²) < 4.78 is 21.7. The van der Waals surface area contributed by atoms with Crippen LogP contribution in [0.25, 0.3) is 0 Å². The van der Waals surface area contributed by atoms with Crippen molar-refractivity contribution in [2.45, 2.75) is 0 Å². The number of halogens is 1. The van der Waals surface area contributed by atoms with Gasteiger partial charge in [0.2, 0.25) is 0 Å². The zero-order chi connectivity index (χ0) is 22.1. The molecule has 0 aliphatic heterocycles. The number of methoxy groups -OCH3 is 4. The molecule has 2 aromatic rings. The fraction of sp³-hybridized carbons (Fsp3) is 0.250. The van der Waals surface area contributed by atoms with Gasteiger partial charge in [-0.2, -0.15) is 5.10 Å². The van der Waals surface area contributed by atoms with Gasteiger partial charge in [0, 0.05) is 5.56 Å². The van der Waals surface area contributed by atoms with Gasteiger partial charge in [-0.1, -0.05) is 0 Å². The number of carbonyl (C=O) groups excluding carboxylic acids is 2. The summed E-state index contributed by atoms with van der Waals surface area (Å²) in [5, 5.41) is 6.42. The Hall–Kier alpha value is -3.02. The molecule has 0 aliphatic carbocycles. The van der Waals surface area contributed by atoms with E-state index in [0.29, 0.717) is 34.1 Å². The van der Waals surface area contributed by atoms with E-state index in [1.165, 1.54) is 33.6 Å². The number of rotatable bonds is 9. The number of hydrazone groups is 1. The van der Waals surface area contributed by atoms with Crippen LogP contribution in [-0.4, -0.2) is 53.0 Å². The average Bonchev–Trinajstić information content (AvgIpc) is 2.76. The van der Waals surface area contributed by atoms with Gasteiger partial charge < -0.3 is 24.3 Å². The van der Waals surface area contributed by atoms with Crippen LogP contribution >= 0.6 is 22.6 Å². The third-order valence-electron chi connectivity index (χ3n) is 3.91. The molecule has 30 heavy (non-hydrogen) atoms. The zero-order valence-electron chi connectivity index (χ0n) is 16.9. The van der Waals surface area contributed by atoms with E-state index in [1.807, 2.05) is 6.07 Å². The van der Waals surface area contributed by atoms with Gasteiger partial charge in [-0.05, 0) is 58.5 Å². The van der Waals surface area contributed by atoms with Crippen molar-refractivity contribution in [1.29, 1.82) is 0 Å². The maximum atomic E-state index is 12.2. The molecule has 0 saturated carbocycles. The first-order chi connectivity index (χ1) is 14.4. The lowest BCUT2D eigenvalue weighted by atomic mass is 10.2. The van der Waals surface area contributed by atoms with E-state index in [9.17, 15) is 9.59 Å². The van der Waals surface area contributed by atoms with Crippen molar-refractivity contribution in [2.75, 3.05) is 35.0 Å². The van der Waals surface area contributed by atoms with Gasteiger partial charge in [0.15, 0.2) is 23.0 Å². The summed E-state index contributed by atoms with van der Waals surface area (Å²) in [5.41, 5.74) is 3.41. The molecule has 0 radical (unpaired) electrons. The lowest BCUT2D eigenvalue weighted by Gasteiger charge is -2.10. The number of carbonyl (C=O) groups is 2. The summed E-state index contributed by atoms with van der Waals surface area (Å²) >= 11 is 2.12. The first-order valence-corrected chi connectivity index (χ1v) is 9.75. The molecule has 0 saturated heterocycles. The van der Waals surface area contributed by atoms with Crippen molar-refractivity contribution in [3.8, 4) is 23.0 Å². The van der Waals surface area contributed by atoms with Gasteiger partial charge in [0.05, 0.1) is 44.8 Å². The maximum Gasteiger partial charge on any atom is 0.259 e. The summed E-state index contributed by atoms with van der Waals surface area (Å²) in [5.74, 6) is 1.20. The molecular weight excluding hydrogens is 505 g/mol. The Morgan fingerprint density at radius 2 is 1.67 bits per heavy atom. The van der Waals surface area contributed by atoms with E-state index in [2.05, 4.69) is 38.4 Å². The Morgan fingerprint density at radius 1 is 0.967 bits per heavy atom. The molecule has 2 aromatic carbocycles. The molecule has 0 heterocycles. The molecule has 10 heteroatoms. The number of hydrogen-bond donors (Lipinski definition) is 2. The standard InChI is InChI=1S/C20H22IN3O6/c1-27-15-6-5-13(9-16(15)28-2)20(26)22-11-18(25)24-23-10-12-7-14(21)19(30-4)17(8-12)29-3/h5-10H,11H2,1-4H3,(H,22,26)(H,24,25)/b23-10+. The summed E-state index contributed by atoms with van der Waals surface area (Å²) in [4.78, 5) is 24.2. The van der Waals surface area contributed by atoms with E-state index in [4.69, 9.17) is 18.9 Å². The van der Waals surface area contributed by atoms with Crippen LogP contribution in [-0.2, 0) is 4.79 Å². The van der Waals surface area contributed by atoms with Crippen LogP contribution in [0, 0.1) is 3.57 Å². The minimum Gasteiger partial charge on any atom is -0.493 e. The van der Waals surface area contributed by atoms with Gasteiger partial charge in [-0.25, -0.2) is 5.43 Å². The highest BCUT2D eigenvalue weighted by atomic mass is 127. The second-order valence-corrected chi connectivity index (χ2v) is 6.95. The topological polar surface area (TPSA) is 107 Å². The van der Waals surface area contributed by atoms with Gasteiger partial charge in [0.1, 0.15) is 0 Å². The predicted octanol–water partition coefficient (Wildman–Crippen LogP) is 2.21. The fourth-order valence-corrected chi connectivity index (χ4v) is 3.32. The Morgan fingerprint density at radius 3 is 2.30 bits per heavy atom. The van der Waals surface area contributed by atoms with Crippen molar-refractivity contribution in [3.63, 3.8) is 0 Å². The first kappa shape index (κ1) is 23.3. The van der Waals surface area contributed by atoms with Gasteiger partial charge in [-0.15, -0.1) is 0 Å². The van der Waals surface area contributed by atoms with Gasteiger partial charge >= 0.3 is 0 Å². The molecule has 2 rings (SSSR count). The summed E-state index contributed by atoms with van der Waals surface area (Å²) in [7, 11) is 6.08. The van der Waals surface area contributed by atoms with Crippen LogP contribution in [0.3, 0.4) is 0 Å². The van der Waals surface area contributed by atoms with E-state index in [1.54, 1.807) is 25.3 Å². The van der Waals surface area contributed by atoms with E-state index < -0.39 is 11.8 Å². The number of nitrogens with one attached hydrogen (secondary N) is 2. The third-order valence-corrected chi connectivity index (χ3v) is 4.72. The lowest BCUT2D eigenvalue weighted by Crippen LogP contribution is -2.34. The number of nitrogens with zero attached hydrogens (tertiary/aromatic N) is 1. The Balaban J connectivity index is 1.92. The monoisotopic (exact) mass is 527 g/mol. The second kappa shape index (κ2) is 11.2. The van der Waals surface area contributed by atoms with Crippen LogP contribution < -0.4 is 29.7 Å². The molecule has 0 bridgehead atoms. The molecule has 0 aliphatic rings. The third kappa shape index (κ3) is 5.99. The Kier molecular flexibility index (Phi) is 8.71. The maximum absolute atomic E-state index is 12.2. The summed E-state index contributed by atoms with van der Waals surface area (Å²) in [6.07, 6.45) is 1.47. The molecule has 160 valence electrons. The minimum absolute atomic E-state index is 0.242. The van der Waals surface area contributed by atoms with Crippen LogP contribution in [0.4, 0.5) is 0 Å². The van der Waals surface area contributed by atoms with E-state index in [0.717, 1.165) is 3.57 Å². The number of hydrogen-bond acceptors (Lipinski definition) is 7. The largest absolute Gasteiger partial charge is 0.493 e. The van der Waals surface area contributed by atoms with Crippen molar-refractivity contribution >= 4 is 40.6 Å². The molecule has 0 aromatic heterocycles. The van der Waals surface area contributed by atoms with Crippen molar-refractivity contribution in [2.24, 2.45) is 5.10 Å². The number of amides is 2. The molecule has 9 nitrogen and oxygen atoms in total. The van der Waals surface area contributed by atoms with Crippen molar-refractivity contribution < 1.29 is 28.5 Å². The fourth-order valence-electron chi connectivity index (χ4n) is 2.47. The van der Waals surface area contributed by atoms with Gasteiger partial charge in [0.25, 0.3) is 11.8 Å². The first-order valence-electron chi connectivity index (χ1n) is 8.67. The predicted molar refractivity (Wildman–Crippen MR) is 120 cm³/mol. The van der Waals surface area contributed by atoms with Crippen LogP contribution in [0.2, 0.25) is 0 Å². The minimum atomic E-state index is -0.477. The Bertz CT molecular complexity index is 948. The SMILES string of the molecule is COc1ccc(C(=O)NCC(=O)N/N=C/c2cc(I)c(OC)c(OC)c2)cc1OC. The quantitative estimate of drug-likeness (QED) is 0.294. The van der Waals surface area contributed by atoms with Crippen LogP contribution in [0.5, 0.6) is 23.0 Å². The smallest absolute Gasteiger partial charge is 0.259 e. The average molecular weight is 527 g/mol. The normalized spacial score (nSPS) is 10.4. The molecule has 0 spiro atoms. The lowest BCUT2D eigenvalue weighted by molar-refractivity contribution is -0.120. The van der Waals surface area contributed by atoms with Crippen molar-refractivity contribution in [3.05, 3.63) is 45.0 Å². The van der Waals surface area contributed by atoms with Crippen molar-refractivity contribution in [1.82, 2.24) is 10.7 Å². The highest BCUT2D eigenvalue weighted by Crippen LogP contribution is 2.33. The molecule has 0 fully saturated rings. The van der Waals surface area contributed by atoms with Gasteiger partial charge in [-0.3, -0.25) is 9.59 Å². The zero-order valence-corrected chi connectivity index (χ0v) is 19.1. The highest BCUT2D eigenvalue weighted by molar-refractivity contribution is 14.1. The highest BCUT2D eigenvalue weighted by Gasteiger charge is 2.12. The number of benzene rings is 2. The molecule has 2 N–H and O–H groups in total.